The predicted octanol–water partition coefficient (Wildman–Crippen LogP) is 5.92. The van der Waals surface area contributed by atoms with Gasteiger partial charge in [0.2, 0.25) is 0 Å². The lowest BCUT2D eigenvalue weighted by Crippen LogP contribution is -2.12. The summed E-state index contributed by atoms with van der Waals surface area (Å²) in [6, 6.07) is 8.29. The van der Waals surface area contributed by atoms with Gasteiger partial charge in [0.25, 0.3) is 18.8 Å². The van der Waals surface area contributed by atoms with E-state index in [-0.39, 0.29) is 18.1 Å². The third-order valence-corrected chi connectivity index (χ3v) is 4.59. The monoisotopic (exact) mass is 429 g/mol. The van der Waals surface area contributed by atoms with E-state index in [0.717, 1.165) is 11.1 Å². The fraction of sp³-hybridized carbons (Fsp3) is 0.263. The number of aryl methyl sites for hydroxylation is 2. The van der Waals surface area contributed by atoms with E-state index in [1.54, 1.807) is 6.07 Å². The Morgan fingerprint density at radius 3 is 2.55 bits per heavy atom. The van der Waals surface area contributed by atoms with Gasteiger partial charge < -0.3 is 9.73 Å². The Kier molecular flexibility index (Phi) is 5.97. The fourth-order valence-corrected chi connectivity index (χ4v) is 3.03. The van der Waals surface area contributed by atoms with Crippen LogP contribution < -0.4 is 5.32 Å². The Morgan fingerprint density at radius 2 is 1.90 bits per heavy atom. The summed E-state index contributed by atoms with van der Waals surface area (Å²) in [6.45, 7) is 3.32. The highest BCUT2D eigenvalue weighted by atomic mass is 35.5. The second-order valence-electron chi connectivity index (χ2n) is 6.38. The number of anilines is 1. The number of nitrogens with one attached hydrogen (secondary N) is 1. The summed E-state index contributed by atoms with van der Waals surface area (Å²) < 4.78 is 58.3. The fourth-order valence-electron chi connectivity index (χ4n) is 2.73. The maximum atomic E-state index is 13.2. The largest absolute Gasteiger partial charge is 0.454 e. The zero-order valence-corrected chi connectivity index (χ0v) is 16.1. The molecule has 0 bridgehead atoms. The van der Waals surface area contributed by atoms with Gasteiger partial charge in [0, 0.05) is 5.69 Å². The molecule has 0 unspecified atom stereocenters. The number of carbonyl (C=O) groups excluding carboxylic acids is 1. The first-order chi connectivity index (χ1) is 13.7. The highest BCUT2D eigenvalue weighted by molar-refractivity contribution is 6.32. The molecule has 0 aliphatic carbocycles. The lowest BCUT2D eigenvalue weighted by molar-refractivity contribution is 0.0994. The minimum Gasteiger partial charge on any atom is -0.454 e. The van der Waals surface area contributed by atoms with Crippen molar-refractivity contribution in [3.8, 4) is 0 Å². The first-order valence-electron chi connectivity index (χ1n) is 8.47. The van der Waals surface area contributed by atoms with E-state index < -0.39 is 35.2 Å². The number of benzene rings is 1. The summed E-state index contributed by atoms with van der Waals surface area (Å²) in [7, 11) is 0. The van der Waals surface area contributed by atoms with E-state index in [1.165, 1.54) is 12.1 Å². The highest BCUT2D eigenvalue weighted by Gasteiger charge is 2.28. The van der Waals surface area contributed by atoms with Crippen LogP contribution in [0.15, 0.2) is 34.7 Å². The van der Waals surface area contributed by atoms with Gasteiger partial charge in [0.15, 0.2) is 5.76 Å². The summed E-state index contributed by atoms with van der Waals surface area (Å²) in [6.07, 6.45) is -6.21. The summed E-state index contributed by atoms with van der Waals surface area (Å²) in [5.74, 6) is -0.518. The van der Waals surface area contributed by atoms with Gasteiger partial charge in [0.1, 0.15) is 17.1 Å². The predicted molar refractivity (Wildman–Crippen MR) is 98.8 cm³/mol. The summed E-state index contributed by atoms with van der Waals surface area (Å²) in [4.78, 5) is 12.4. The molecule has 2 aromatic heterocycles. The Bertz CT molecular complexity index is 1050. The van der Waals surface area contributed by atoms with Crippen molar-refractivity contribution in [3.63, 3.8) is 0 Å². The first kappa shape index (κ1) is 20.9. The van der Waals surface area contributed by atoms with Crippen LogP contribution >= 0.6 is 11.6 Å². The van der Waals surface area contributed by atoms with Gasteiger partial charge in [-0.15, -0.1) is 0 Å². The van der Waals surface area contributed by atoms with Crippen molar-refractivity contribution in [2.45, 2.75) is 33.2 Å². The van der Waals surface area contributed by atoms with Gasteiger partial charge >= 0.3 is 0 Å². The smallest absolute Gasteiger partial charge is 0.291 e. The standard InChI is InChI=1S/C19H16ClF4N3O2/c1-9-3-4-10(2)12(7-9)25-19(28)13-6-5-11(29-13)8-27-16(18(23)24)14(20)15(26-27)17(21)22/h3-7,17-18H,8H2,1-2H3,(H,25,28). The molecule has 29 heavy (non-hydrogen) atoms. The molecule has 0 saturated heterocycles. The van der Waals surface area contributed by atoms with E-state index in [9.17, 15) is 22.4 Å². The molecule has 0 fully saturated rings. The molecule has 1 amide bonds. The second kappa shape index (κ2) is 8.28. The minimum absolute atomic E-state index is 0.0631. The number of aromatic nitrogens is 2. The number of rotatable bonds is 6. The lowest BCUT2D eigenvalue weighted by atomic mass is 10.1. The third-order valence-electron chi connectivity index (χ3n) is 4.20. The normalized spacial score (nSPS) is 11.5. The van der Waals surface area contributed by atoms with Crippen molar-refractivity contribution in [2.75, 3.05) is 5.32 Å². The number of amides is 1. The SMILES string of the molecule is Cc1ccc(C)c(NC(=O)c2ccc(Cn3nc(C(F)F)c(Cl)c3C(F)F)o2)c1. The zero-order chi connectivity index (χ0) is 21.3. The van der Waals surface area contributed by atoms with Crippen LogP contribution in [0, 0.1) is 13.8 Å². The summed E-state index contributed by atoms with van der Waals surface area (Å²) in [5.41, 5.74) is 0.647. The van der Waals surface area contributed by atoms with E-state index >= 15 is 0 Å². The molecule has 3 rings (SSSR count). The van der Waals surface area contributed by atoms with Crippen molar-refractivity contribution < 1.29 is 26.8 Å². The van der Waals surface area contributed by atoms with Gasteiger partial charge in [-0.05, 0) is 43.2 Å². The van der Waals surface area contributed by atoms with Gasteiger partial charge in [-0.1, -0.05) is 23.7 Å². The molecule has 0 atom stereocenters. The van der Waals surface area contributed by atoms with Crippen molar-refractivity contribution in [1.29, 1.82) is 0 Å². The lowest BCUT2D eigenvalue weighted by Gasteiger charge is -2.08. The number of halogens is 5. The molecular formula is C19H16ClF4N3O2. The minimum atomic E-state index is -3.11. The Hall–Kier alpha value is -2.81. The van der Waals surface area contributed by atoms with Crippen LogP contribution in [0.1, 0.15) is 51.7 Å². The first-order valence-corrected chi connectivity index (χ1v) is 8.85. The van der Waals surface area contributed by atoms with Crippen LogP contribution in [-0.2, 0) is 6.54 Å². The zero-order valence-electron chi connectivity index (χ0n) is 15.3. The van der Waals surface area contributed by atoms with Crippen LogP contribution in [0.2, 0.25) is 5.02 Å². The quantitative estimate of drug-likeness (QED) is 0.494. The molecule has 10 heteroatoms. The molecule has 5 nitrogen and oxygen atoms in total. The number of furan rings is 1. The molecule has 0 saturated carbocycles. The third kappa shape index (κ3) is 4.45. The Morgan fingerprint density at radius 1 is 1.17 bits per heavy atom. The van der Waals surface area contributed by atoms with Crippen molar-refractivity contribution in [3.05, 3.63) is 69.4 Å². The van der Waals surface area contributed by atoms with Crippen LogP contribution in [0.5, 0.6) is 0 Å². The van der Waals surface area contributed by atoms with Gasteiger partial charge in [-0.2, -0.15) is 5.10 Å². The number of hydrogen-bond donors (Lipinski definition) is 1. The molecule has 2 heterocycles. The average molecular weight is 430 g/mol. The molecule has 1 N–H and O–H groups in total. The van der Waals surface area contributed by atoms with E-state index in [4.69, 9.17) is 16.0 Å². The second-order valence-corrected chi connectivity index (χ2v) is 6.76. The van der Waals surface area contributed by atoms with E-state index in [0.29, 0.717) is 10.4 Å². The van der Waals surface area contributed by atoms with Crippen LogP contribution in [0.3, 0.4) is 0 Å². The molecular weight excluding hydrogens is 414 g/mol. The average Bonchev–Trinajstić information content (AvgIpc) is 3.23. The van der Waals surface area contributed by atoms with Crippen LogP contribution in [0.4, 0.5) is 23.2 Å². The van der Waals surface area contributed by atoms with Crippen molar-refractivity contribution in [1.82, 2.24) is 9.78 Å². The molecule has 0 aliphatic rings. The number of carbonyl (C=O) groups is 1. The summed E-state index contributed by atoms with van der Waals surface area (Å²) in [5, 5.41) is 5.39. The molecule has 0 aliphatic heterocycles. The van der Waals surface area contributed by atoms with E-state index in [2.05, 4.69) is 10.4 Å². The van der Waals surface area contributed by atoms with Crippen LogP contribution in [-0.4, -0.2) is 15.7 Å². The molecule has 0 spiro atoms. The van der Waals surface area contributed by atoms with Gasteiger partial charge in [-0.25, -0.2) is 17.6 Å². The summed E-state index contributed by atoms with van der Waals surface area (Å²) >= 11 is 5.62. The number of nitrogens with zero attached hydrogens (tertiary/aromatic N) is 2. The van der Waals surface area contributed by atoms with Gasteiger partial charge in [-0.3, -0.25) is 9.48 Å². The van der Waals surface area contributed by atoms with Crippen molar-refractivity contribution in [2.24, 2.45) is 0 Å². The number of hydrogen-bond acceptors (Lipinski definition) is 3. The Balaban J connectivity index is 1.81. The van der Waals surface area contributed by atoms with Crippen molar-refractivity contribution >= 4 is 23.2 Å². The maximum absolute atomic E-state index is 13.2. The Labute approximate surface area is 168 Å². The topological polar surface area (TPSA) is 60.1 Å². The molecule has 0 radical (unpaired) electrons. The highest BCUT2D eigenvalue weighted by Crippen LogP contribution is 2.35. The molecule has 1 aromatic carbocycles. The van der Waals surface area contributed by atoms with Crippen LogP contribution in [0.25, 0.3) is 0 Å². The number of alkyl halides is 4. The molecule has 3 aromatic rings. The molecule has 154 valence electrons. The van der Waals surface area contributed by atoms with E-state index in [1.807, 2.05) is 26.0 Å². The van der Waals surface area contributed by atoms with Gasteiger partial charge in [0.05, 0.1) is 11.6 Å². The maximum Gasteiger partial charge on any atom is 0.291 e.